The molecule has 176 valence electrons. The second kappa shape index (κ2) is 21.2. The predicted octanol–water partition coefficient (Wildman–Crippen LogP) is 11.3. The normalized spacial score (nSPS) is 13.1. The summed E-state index contributed by atoms with van der Waals surface area (Å²) >= 11 is 0. The number of hydrogen-bond donors (Lipinski definition) is 0. The third kappa shape index (κ3) is 22.5. The van der Waals surface area contributed by atoms with Gasteiger partial charge in [-0.15, -0.1) is 0 Å². The van der Waals surface area contributed by atoms with Crippen molar-refractivity contribution in [3.63, 3.8) is 0 Å². The van der Waals surface area contributed by atoms with Crippen molar-refractivity contribution in [2.75, 3.05) is 0 Å². The molecule has 0 spiro atoms. The minimum absolute atomic E-state index is 0.571. The van der Waals surface area contributed by atoms with Gasteiger partial charge >= 0.3 is 0 Å². The SMILES string of the molecule is CCCCCCCCCCCCCCC(C)CCCC(C)(C)CCCCCCC. The lowest BCUT2D eigenvalue weighted by Gasteiger charge is -2.25. The lowest BCUT2D eigenvalue weighted by atomic mass is 9.81. The van der Waals surface area contributed by atoms with E-state index in [2.05, 4.69) is 34.6 Å². The summed E-state index contributed by atoms with van der Waals surface area (Å²) in [6.45, 7) is 12.1. The average molecular weight is 409 g/mol. The maximum atomic E-state index is 2.50. The lowest BCUT2D eigenvalue weighted by molar-refractivity contribution is 0.273. The van der Waals surface area contributed by atoms with Crippen molar-refractivity contribution in [2.45, 2.75) is 176 Å². The van der Waals surface area contributed by atoms with Crippen LogP contribution < -0.4 is 0 Å². The molecule has 0 saturated carbocycles. The Kier molecular flexibility index (Phi) is 21.2. The van der Waals surface area contributed by atoms with Crippen molar-refractivity contribution in [3.8, 4) is 0 Å². The first-order valence-corrected chi connectivity index (χ1v) is 14.0. The topological polar surface area (TPSA) is 0 Å². The van der Waals surface area contributed by atoms with Crippen molar-refractivity contribution in [2.24, 2.45) is 11.3 Å². The Morgan fingerprint density at radius 2 is 0.793 bits per heavy atom. The molecule has 0 aliphatic rings. The smallest absolute Gasteiger partial charge is 0.0354 e. The van der Waals surface area contributed by atoms with E-state index in [-0.39, 0.29) is 0 Å². The van der Waals surface area contributed by atoms with E-state index in [1.165, 1.54) is 141 Å². The van der Waals surface area contributed by atoms with Crippen molar-refractivity contribution >= 4 is 0 Å². The maximum absolute atomic E-state index is 2.50. The molecule has 1 unspecified atom stereocenters. The molecule has 0 bridgehead atoms. The van der Waals surface area contributed by atoms with Gasteiger partial charge < -0.3 is 0 Å². The Morgan fingerprint density at radius 1 is 0.448 bits per heavy atom. The van der Waals surface area contributed by atoms with Crippen molar-refractivity contribution in [1.29, 1.82) is 0 Å². The van der Waals surface area contributed by atoms with Crippen LogP contribution in [0.15, 0.2) is 0 Å². The third-order valence-electron chi connectivity index (χ3n) is 7.06. The molecule has 1 atom stereocenters. The van der Waals surface area contributed by atoms with Crippen LogP contribution in [0.3, 0.4) is 0 Å². The van der Waals surface area contributed by atoms with Gasteiger partial charge in [-0.2, -0.15) is 0 Å². The summed E-state index contributed by atoms with van der Waals surface area (Å²) in [5.41, 5.74) is 0.571. The molecule has 0 saturated heterocycles. The van der Waals surface area contributed by atoms with Gasteiger partial charge in [-0.3, -0.25) is 0 Å². The number of hydrogen-bond acceptors (Lipinski definition) is 0. The summed E-state index contributed by atoms with van der Waals surface area (Å²) in [4.78, 5) is 0. The molecule has 0 heterocycles. The van der Waals surface area contributed by atoms with Crippen LogP contribution in [-0.4, -0.2) is 0 Å². The van der Waals surface area contributed by atoms with Gasteiger partial charge in [0.1, 0.15) is 0 Å². The molecule has 0 aliphatic carbocycles. The second-order valence-corrected chi connectivity index (χ2v) is 11.0. The minimum atomic E-state index is 0.571. The number of rotatable bonds is 23. The zero-order valence-corrected chi connectivity index (χ0v) is 21.6. The van der Waals surface area contributed by atoms with Crippen molar-refractivity contribution < 1.29 is 0 Å². The quantitative estimate of drug-likeness (QED) is 0.147. The first-order chi connectivity index (χ1) is 14.0. The monoisotopic (exact) mass is 408 g/mol. The summed E-state index contributed by atoms with van der Waals surface area (Å²) in [6, 6.07) is 0. The average Bonchev–Trinajstić information content (AvgIpc) is 2.68. The van der Waals surface area contributed by atoms with Crippen LogP contribution in [0, 0.1) is 11.3 Å². The van der Waals surface area contributed by atoms with Crippen LogP contribution in [0.1, 0.15) is 176 Å². The summed E-state index contributed by atoms with van der Waals surface area (Å²) in [5.74, 6) is 0.943. The Morgan fingerprint density at radius 3 is 1.28 bits per heavy atom. The van der Waals surface area contributed by atoms with Gasteiger partial charge in [0, 0.05) is 0 Å². The Bertz CT molecular complexity index is 303. The molecular weight excluding hydrogens is 348 g/mol. The van der Waals surface area contributed by atoms with Crippen LogP contribution in [-0.2, 0) is 0 Å². The molecule has 0 nitrogen and oxygen atoms in total. The molecular formula is C29H60. The molecule has 0 heteroatoms. The Labute approximate surface area is 187 Å². The van der Waals surface area contributed by atoms with Crippen LogP contribution in [0.5, 0.6) is 0 Å². The standard InChI is InChI=1S/C29H60/c1-6-8-10-12-13-14-15-16-17-18-19-21-24-28(3)25-23-27-29(4,5)26-22-20-11-9-7-2/h28H,6-27H2,1-5H3. The summed E-state index contributed by atoms with van der Waals surface area (Å²) < 4.78 is 0. The fourth-order valence-electron chi connectivity index (χ4n) is 4.74. The highest BCUT2D eigenvalue weighted by Gasteiger charge is 2.17. The molecule has 0 aromatic heterocycles. The first kappa shape index (κ1) is 29.0. The molecule has 0 amide bonds. The van der Waals surface area contributed by atoms with E-state index in [1.54, 1.807) is 0 Å². The fourth-order valence-corrected chi connectivity index (χ4v) is 4.74. The predicted molar refractivity (Wildman–Crippen MR) is 136 cm³/mol. The molecule has 29 heavy (non-hydrogen) atoms. The highest BCUT2D eigenvalue weighted by atomic mass is 14.2. The molecule has 0 aromatic rings. The van der Waals surface area contributed by atoms with Gasteiger partial charge in [0.2, 0.25) is 0 Å². The molecule has 0 rings (SSSR count). The molecule has 0 N–H and O–H groups in total. The van der Waals surface area contributed by atoms with Crippen LogP contribution in [0.25, 0.3) is 0 Å². The van der Waals surface area contributed by atoms with Gasteiger partial charge in [-0.25, -0.2) is 0 Å². The van der Waals surface area contributed by atoms with E-state index < -0.39 is 0 Å². The molecule has 0 aromatic carbocycles. The zero-order valence-electron chi connectivity index (χ0n) is 21.6. The summed E-state index contributed by atoms with van der Waals surface area (Å²) in [7, 11) is 0. The molecule has 0 radical (unpaired) electrons. The van der Waals surface area contributed by atoms with Crippen LogP contribution in [0.2, 0.25) is 0 Å². The van der Waals surface area contributed by atoms with Gasteiger partial charge in [0.25, 0.3) is 0 Å². The summed E-state index contributed by atoms with van der Waals surface area (Å²) in [6.07, 6.45) is 32.0. The van der Waals surface area contributed by atoms with Crippen LogP contribution >= 0.6 is 0 Å². The van der Waals surface area contributed by atoms with E-state index in [9.17, 15) is 0 Å². The van der Waals surface area contributed by atoms with E-state index in [0.29, 0.717) is 5.41 Å². The van der Waals surface area contributed by atoms with Gasteiger partial charge in [0.05, 0.1) is 0 Å². The Hall–Kier alpha value is 0. The van der Waals surface area contributed by atoms with Gasteiger partial charge in [0.15, 0.2) is 0 Å². The highest BCUT2D eigenvalue weighted by molar-refractivity contribution is 4.69. The highest BCUT2D eigenvalue weighted by Crippen LogP contribution is 2.31. The molecule has 0 aliphatic heterocycles. The summed E-state index contributed by atoms with van der Waals surface area (Å²) in [5, 5.41) is 0. The molecule has 0 fully saturated rings. The largest absolute Gasteiger partial charge is 0.0654 e. The van der Waals surface area contributed by atoms with E-state index in [1.807, 2.05) is 0 Å². The zero-order chi connectivity index (χ0) is 21.6. The van der Waals surface area contributed by atoms with E-state index in [0.717, 1.165) is 5.92 Å². The fraction of sp³-hybridized carbons (Fsp3) is 1.00. The van der Waals surface area contributed by atoms with Crippen molar-refractivity contribution in [3.05, 3.63) is 0 Å². The first-order valence-electron chi connectivity index (χ1n) is 14.0. The van der Waals surface area contributed by atoms with E-state index >= 15 is 0 Å². The Balaban J connectivity index is 3.39. The lowest BCUT2D eigenvalue weighted by Crippen LogP contribution is -2.11. The van der Waals surface area contributed by atoms with Crippen molar-refractivity contribution in [1.82, 2.24) is 0 Å². The van der Waals surface area contributed by atoms with Gasteiger partial charge in [-0.1, -0.05) is 163 Å². The van der Waals surface area contributed by atoms with E-state index in [4.69, 9.17) is 0 Å². The number of unbranched alkanes of at least 4 members (excludes halogenated alkanes) is 15. The maximum Gasteiger partial charge on any atom is -0.0354 e. The van der Waals surface area contributed by atoms with Gasteiger partial charge in [-0.05, 0) is 24.2 Å². The second-order valence-electron chi connectivity index (χ2n) is 11.0. The van der Waals surface area contributed by atoms with Crippen LogP contribution in [0.4, 0.5) is 0 Å². The minimum Gasteiger partial charge on any atom is -0.0654 e. The third-order valence-corrected chi connectivity index (χ3v) is 7.06.